The molecule has 1 atom stereocenters. The second-order valence-corrected chi connectivity index (χ2v) is 12.7. The van der Waals surface area contributed by atoms with Gasteiger partial charge in [-0.05, 0) is 36.4 Å². The molecule has 9 nitrogen and oxygen atoms in total. The lowest BCUT2D eigenvalue weighted by molar-refractivity contribution is -0.162. The molecule has 0 aliphatic carbocycles. The van der Waals surface area contributed by atoms with E-state index in [1.54, 1.807) is 0 Å². The molecule has 0 heterocycles. The predicted octanol–water partition coefficient (Wildman–Crippen LogP) is 2.30. The molecule has 0 bridgehead atoms. The van der Waals surface area contributed by atoms with Crippen LogP contribution in [0.3, 0.4) is 0 Å². The minimum Gasteiger partial charge on any atom is -0.491 e. The van der Waals surface area contributed by atoms with E-state index in [1.807, 2.05) is 0 Å². The number of hydrogen-bond donors (Lipinski definition) is 3. The number of ether oxygens (including phenoxy) is 2. The molecule has 14 heteroatoms. The lowest BCUT2D eigenvalue weighted by Gasteiger charge is -2.20. The Hall–Kier alpha value is -1.31. The van der Waals surface area contributed by atoms with Crippen LogP contribution in [-0.4, -0.2) is 74.6 Å². The molecule has 0 spiro atoms. The van der Waals surface area contributed by atoms with Gasteiger partial charge in [-0.3, -0.25) is 0 Å². The van der Waals surface area contributed by atoms with Gasteiger partial charge in [-0.2, -0.15) is 0 Å². The Morgan fingerprint density at radius 2 is 1.53 bits per heavy atom. The number of aliphatic hydroxyl groups is 3. The van der Waals surface area contributed by atoms with Crippen molar-refractivity contribution >= 4 is 54.5 Å². The van der Waals surface area contributed by atoms with Gasteiger partial charge in [-0.1, -0.05) is 30.1 Å². The van der Waals surface area contributed by atoms with Gasteiger partial charge in [-0.15, -0.1) is 11.6 Å². The summed E-state index contributed by atoms with van der Waals surface area (Å²) in [5.41, 5.74) is 0. The van der Waals surface area contributed by atoms with Crippen LogP contribution in [0.2, 0.25) is 10.0 Å². The standard InChI is InChI=1S/C20H23Cl3O9S2/c1-2-33(27,28)10-13(24)9-31-14-3-5-15(6-4-14)34(29,30)16-7-17(22)19(18(23)8-16)32-12-20(25,26)11-21/h3-8,13,24-26H,2,9-12H2,1H3/t13-/m0/s1. The number of halogens is 3. The lowest BCUT2D eigenvalue weighted by atomic mass is 10.3. The van der Waals surface area contributed by atoms with E-state index >= 15 is 0 Å². The highest BCUT2D eigenvalue weighted by Gasteiger charge is 2.26. The minimum atomic E-state index is -4.05. The lowest BCUT2D eigenvalue weighted by Crippen LogP contribution is -2.37. The van der Waals surface area contributed by atoms with E-state index in [9.17, 15) is 32.2 Å². The van der Waals surface area contributed by atoms with Crippen molar-refractivity contribution < 1.29 is 41.6 Å². The van der Waals surface area contributed by atoms with Crippen LogP contribution in [0.1, 0.15) is 6.92 Å². The van der Waals surface area contributed by atoms with Crippen LogP contribution in [-0.2, 0) is 19.7 Å². The van der Waals surface area contributed by atoms with Crippen molar-refractivity contribution in [2.75, 3.05) is 30.6 Å². The van der Waals surface area contributed by atoms with Crippen molar-refractivity contribution in [3.05, 3.63) is 46.4 Å². The van der Waals surface area contributed by atoms with Gasteiger partial charge in [0.15, 0.2) is 15.6 Å². The molecule has 2 aromatic rings. The predicted molar refractivity (Wildman–Crippen MR) is 128 cm³/mol. The average Bonchev–Trinajstić information content (AvgIpc) is 2.77. The maximum Gasteiger partial charge on any atom is 0.211 e. The summed E-state index contributed by atoms with van der Waals surface area (Å²) < 4.78 is 59.5. The Labute approximate surface area is 212 Å². The second-order valence-electron chi connectivity index (χ2n) is 7.26. The van der Waals surface area contributed by atoms with Crippen LogP contribution in [0.5, 0.6) is 11.5 Å². The number of hydrogen-bond acceptors (Lipinski definition) is 9. The third kappa shape index (κ3) is 7.85. The van der Waals surface area contributed by atoms with E-state index in [-0.39, 0.29) is 43.7 Å². The van der Waals surface area contributed by atoms with Crippen molar-refractivity contribution in [1.82, 2.24) is 0 Å². The Balaban J connectivity index is 2.15. The summed E-state index contributed by atoms with van der Waals surface area (Å²) in [4.78, 5) is -0.345. The van der Waals surface area contributed by atoms with Crippen molar-refractivity contribution in [2.45, 2.75) is 28.6 Å². The number of rotatable bonds is 12. The van der Waals surface area contributed by atoms with Gasteiger partial charge in [0, 0.05) is 5.75 Å². The number of benzene rings is 2. The maximum atomic E-state index is 13.0. The van der Waals surface area contributed by atoms with Crippen molar-refractivity contribution in [3.8, 4) is 11.5 Å². The fraction of sp³-hybridized carbons (Fsp3) is 0.400. The van der Waals surface area contributed by atoms with Gasteiger partial charge in [0.1, 0.15) is 25.1 Å². The zero-order valence-corrected chi connectivity index (χ0v) is 21.7. The summed E-state index contributed by atoms with van der Waals surface area (Å²) in [5.74, 6) is -3.33. The Bertz CT molecular complexity index is 1180. The van der Waals surface area contributed by atoms with E-state index in [1.165, 1.54) is 31.2 Å². The first-order valence-electron chi connectivity index (χ1n) is 9.70. The molecule has 0 aliphatic heterocycles. The number of alkyl halides is 1. The monoisotopic (exact) mass is 576 g/mol. The normalized spacial score (nSPS) is 13.5. The summed E-state index contributed by atoms with van der Waals surface area (Å²) >= 11 is 17.6. The second kappa shape index (κ2) is 11.6. The highest BCUT2D eigenvalue weighted by Crippen LogP contribution is 2.37. The van der Waals surface area contributed by atoms with E-state index in [4.69, 9.17) is 44.3 Å². The summed E-state index contributed by atoms with van der Waals surface area (Å²) in [7, 11) is -7.43. The fourth-order valence-corrected chi connectivity index (χ4v) is 5.59. The molecular formula is C20H23Cl3O9S2. The molecule has 0 amide bonds. The average molecular weight is 578 g/mol. The fourth-order valence-electron chi connectivity index (χ4n) is 2.56. The van der Waals surface area contributed by atoms with Gasteiger partial charge in [0.25, 0.3) is 0 Å². The summed E-state index contributed by atoms with van der Waals surface area (Å²) in [5, 5.41) is 28.5. The van der Waals surface area contributed by atoms with Gasteiger partial charge in [0.05, 0.1) is 31.5 Å². The molecule has 0 fully saturated rings. The Morgan fingerprint density at radius 3 is 2.03 bits per heavy atom. The van der Waals surface area contributed by atoms with Crippen LogP contribution in [0, 0.1) is 0 Å². The van der Waals surface area contributed by atoms with Crippen LogP contribution >= 0.6 is 34.8 Å². The molecule has 0 saturated heterocycles. The molecule has 3 N–H and O–H groups in total. The molecule has 0 radical (unpaired) electrons. The van der Waals surface area contributed by atoms with E-state index in [2.05, 4.69) is 0 Å². The summed E-state index contributed by atoms with van der Waals surface area (Å²) in [6.45, 7) is 0.534. The van der Waals surface area contributed by atoms with E-state index < -0.39 is 49.8 Å². The molecule has 0 saturated carbocycles. The van der Waals surface area contributed by atoms with Crippen LogP contribution < -0.4 is 9.47 Å². The van der Waals surface area contributed by atoms with Gasteiger partial charge >= 0.3 is 0 Å². The smallest absolute Gasteiger partial charge is 0.211 e. The van der Waals surface area contributed by atoms with Crippen molar-refractivity contribution in [1.29, 1.82) is 0 Å². The summed E-state index contributed by atoms with van der Waals surface area (Å²) in [6, 6.07) is 7.43. The zero-order valence-electron chi connectivity index (χ0n) is 17.8. The number of sulfone groups is 2. The Morgan fingerprint density at radius 1 is 0.971 bits per heavy atom. The third-order valence-electron chi connectivity index (χ3n) is 4.41. The molecule has 34 heavy (non-hydrogen) atoms. The molecule has 190 valence electrons. The molecule has 0 aliphatic rings. The van der Waals surface area contributed by atoms with E-state index in [0.29, 0.717) is 0 Å². The first-order chi connectivity index (χ1) is 15.7. The highest BCUT2D eigenvalue weighted by atomic mass is 35.5. The topological polar surface area (TPSA) is 147 Å². The van der Waals surface area contributed by atoms with Crippen molar-refractivity contribution in [2.24, 2.45) is 0 Å². The first kappa shape index (κ1) is 28.9. The van der Waals surface area contributed by atoms with Crippen LogP contribution in [0.4, 0.5) is 0 Å². The van der Waals surface area contributed by atoms with Crippen LogP contribution in [0.25, 0.3) is 0 Å². The third-order valence-corrected chi connectivity index (χ3v) is 8.92. The van der Waals surface area contributed by atoms with E-state index in [0.717, 1.165) is 12.1 Å². The van der Waals surface area contributed by atoms with Crippen LogP contribution in [0.15, 0.2) is 46.2 Å². The largest absolute Gasteiger partial charge is 0.491 e. The molecule has 2 aromatic carbocycles. The molecule has 0 unspecified atom stereocenters. The molecule has 0 aromatic heterocycles. The minimum absolute atomic E-state index is 0.102. The van der Waals surface area contributed by atoms with Crippen molar-refractivity contribution in [3.63, 3.8) is 0 Å². The molecule has 2 rings (SSSR count). The Kier molecular flexibility index (Phi) is 9.88. The highest BCUT2D eigenvalue weighted by molar-refractivity contribution is 7.91. The first-order valence-corrected chi connectivity index (χ1v) is 14.3. The van der Waals surface area contributed by atoms with Gasteiger partial charge in [-0.25, -0.2) is 16.8 Å². The molecular weight excluding hydrogens is 555 g/mol. The number of aliphatic hydroxyl groups excluding tert-OH is 1. The SMILES string of the molecule is CCS(=O)(=O)C[C@@H](O)COc1ccc(S(=O)(=O)c2cc(Cl)c(OCC(O)(O)CCl)c(Cl)c2)cc1. The quantitative estimate of drug-likeness (QED) is 0.255. The maximum absolute atomic E-state index is 13.0. The summed E-state index contributed by atoms with van der Waals surface area (Å²) in [6.07, 6.45) is -1.23. The van der Waals surface area contributed by atoms with Gasteiger partial charge in [0.2, 0.25) is 15.6 Å². The van der Waals surface area contributed by atoms with Gasteiger partial charge < -0.3 is 24.8 Å². The zero-order chi connectivity index (χ0) is 25.7.